The van der Waals surface area contributed by atoms with Crippen molar-refractivity contribution in [2.24, 2.45) is 0 Å². The van der Waals surface area contributed by atoms with Crippen LogP contribution in [0.5, 0.6) is 0 Å². The first kappa shape index (κ1) is 12.0. The van der Waals surface area contributed by atoms with E-state index in [1.807, 2.05) is 6.92 Å². The molecule has 16 heavy (non-hydrogen) atoms. The molecule has 7 heteroatoms. The predicted molar refractivity (Wildman–Crippen MR) is 57.2 cm³/mol. The topological polar surface area (TPSA) is 96.2 Å². The number of aromatic nitrogens is 2. The zero-order valence-corrected chi connectivity index (χ0v) is 8.93. The van der Waals surface area contributed by atoms with Crippen molar-refractivity contribution >= 4 is 17.7 Å². The van der Waals surface area contributed by atoms with Crippen molar-refractivity contribution < 1.29 is 14.7 Å². The Morgan fingerprint density at radius 2 is 2.31 bits per heavy atom. The van der Waals surface area contributed by atoms with Crippen LogP contribution in [0.2, 0.25) is 0 Å². The van der Waals surface area contributed by atoms with Gasteiger partial charge in [-0.1, -0.05) is 0 Å². The third-order valence-electron chi connectivity index (χ3n) is 1.84. The number of hydrogen-bond donors (Lipinski definition) is 3. The standard InChI is InChI=1S/C9H14N4O3/c1-2-13-6-7(5-11-13)12-9(16)10-4-3-8(14)15/h5-6H,2-4H2,1H3,(H,14,15)(H2,10,12,16). The summed E-state index contributed by atoms with van der Waals surface area (Å²) in [4.78, 5) is 21.4. The molecule has 1 heterocycles. The highest BCUT2D eigenvalue weighted by molar-refractivity contribution is 5.89. The van der Waals surface area contributed by atoms with E-state index in [2.05, 4.69) is 15.7 Å². The fraction of sp³-hybridized carbons (Fsp3) is 0.444. The molecule has 88 valence electrons. The molecule has 7 nitrogen and oxygen atoms in total. The summed E-state index contributed by atoms with van der Waals surface area (Å²) in [6.07, 6.45) is 3.12. The van der Waals surface area contributed by atoms with Gasteiger partial charge in [0.1, 0.15) is 0 Å². The minimum absolute atomic E-state index is 0.0956. The fourth-order valence-corrected chi connectivity index (χ4v) is 1.06. The molecule has 0 saturated heterocycles. The first-order valence-electron chi connectivity index (χ1n) is 4.91. The van der Waals surface area contributed by atoms with Crippen molar-refractivity contribution in [2.45, 2.75) is 19.9 Å². The zero-order valence-electron chi connectivity index (χ0n) is 8.93. The number of carbonyl (C=O) groups excluding carboxylic acids is 1. The molecule has 0 saturated carbocycles. The molecule has 0 aromatic carbocycles. The molecule has 0 fully saturated rings. The van der Waals surface area contributed by atoms with Crippen LogP contribution in [0.1, 0.15) is 13.3 Å². The van der Waals surface area contributed by atoms with E-state index in [9.17, 15) is 9.59 Å². The van der Waals surface area contributed by atoms with Crippen LogP contribution < -0.4 is 10.6 Å². The Hall–Kier alpha value is -2.05. The number of nitrogens with one attached hydrogen (secondary N) is 2. The summed E-state index contributed by atoms with van der Waals surface area (Å²) in [6.45, 7) is 2.76. The molecule has 0 aliphatic rings. The van der Waals surface area contributed by atoms with E-state index < -0.39 is 12.0 Å². The summed E-state index contributed by atoms with van der Waals surface area (Å²) in [5.74, 6) is -0.945. The molecular formula is C9H14N4O3. The number of aryl methyl sites for hydroxylation is 1. The summed E-state index contributed by atoms with van der Waals surface area (Å²) in [5.41, 5.74) is 0.578. The van der Waals surface area contributed by atoms with E-state index in [4.69, 9.17) is 5.11 Å². The molecule has 0 bridgehead atoms. The zero-order chi connectivity index (χ0) is 12.0. The van der Waals surface area contributed by atoms with Crippen molar-refractivity contribution in [2.75, 3.05) is 11.9 Å². The average Bonchev–Trinajstić information content (AvgIpc) is 2.65. The van der Waals surface area contributed by atoms with Crippen molar-refractivity contribution in [3.8, 4) is 0 Å². The number of urea groups is 1. The lowest BCUT2D eigenvalue weighted by molar-refractivity contribution is -0.136. The molecule has 3 N–H and O–H groups in total. The van der Waals surface area contributed by atoms with Crippen LogP contribution in [0, 0.1) is 0 Å². The number of nitrogens with zero attached hydrogens (tertiary/aromatic N) is 2. The van der Waals surface area contributed by atoms with Gasteiger partial charge in [0.15, 0.2) is 0 Å². The van der Waals surface area contributed by atoms with Crippen LogP contribution in [0.15, 0.2) is 12.4 Å². The molecule has 1 rings (SSSR count). The second-order valence-electron chi connectivity index (χ2n) is 3.11. The van der Waals surface area contributed by atoms with Gasteiger partial charge in [0.05, 0.1) is 18.3 Å². The molecule has 0 unspecified atom stereocenters. The van der Waals surface area contributed by atoms with Crippen LogP contribution in [0.4, 0.5) is 10.5 Å². The molecule has 1 aromatic heterocycles. The molecule has 0 aliphatic carbocycles. The highest BCUT2D eigenvalue weighted by atomic mass is 16.4. The first-order valence-corrected chi connectivity index (χ1v) is 4.91. The minimum Gasteiger partial charge on any atom is -0.481 e. The third kappa shape index (κ3) is 3.99. The van der Waals surface area contributed by atoms with Gasteiger partial charge in [0.2, 0.25) is 0 Å². The summed E-state index contributed by atoms with van der Waals surface area (Å²) >= 11 is 0. The van der Waals surface area contributed by atoms with Gasteiger partial charge in [-0.2, -0.15) is 5.10 Å². The van der Waals surface area contributed by atoms with Crippen molar-refractivity contribution in [1.29, 1.82) is 0 Å². The molecule has 1 aromatic rings. The van der Waals surface area contributed by atoms with Crippen LogP contribution in [-0.2, 0) is 11.3 Å². The van der Waals surface area contributed by atoms with Gasteiger partial charge in [0.25, 0.3) is 0 Å². The Morgan fingerprint density at radius 3 is 2.88 bits per heavy atom. The first-order chi connectivity index (χ1) is 7.61. The quantitative estimate of drug-likeness (QED) is 0.681. The highest BCUT2D eigenvalue weighted by Crippen LogP contribution is 2.03. The maximum atomic E-state index is 11.2. The molecule has 0 aliphatic heterocycles. The van der Waals surface area contributed by atoms with E-state index in [-0.39, 0.29) is 13.0 Å². The van der Waals surface area contributed by atoms with Crippen LogP contribution in [0.3, 0.4) is 0 Å². The van der Waals surface area contributed by atoms with E-state index >= 15 is 0 Å². The lowest BCUT2D eigenvalue weighted by Crippen LogP contribution is -2.30. The number of hydrogen-bond acceptors (Lipinski definition) is 3. The minimum atomic E-state index is -0.945. The van der Waals surface area contributed by atoms with Crippen LogP contribution in [-0.4, -0.2) is 33.4 Å². The van der Waals surface area contributed by atoms with Crippen LogP contribution >= 0.6 is 0 Å². The van der Waals surface area contributed by atoms with Gasteiger partial charge in [-0.15, -0.1) is 0 Å². The van der Waals surface area contributed by atoms with E-state index in [1.165, 1.54) is 6.20 Å². The monoisotopic (exact) mass is 226 g/mol. The number of rotatable bonds is 5. The van der Waals surface area contributed by atoms with Gasteiger partial charge in [0, 0.05) is 19.3 Å². The van der Waals surface area contributed by atoms with Gasteiger partial charge >= 0.3 is 12.0 Å². The largest absolute Gasteiger partial charge is 0.481 e. The van der Waals surface area contributed by atoms with Gasteiger partial charge in [-0.3, -0.25) is 9.48 Å². The molecular weight excluding hydrogens is 212 g/mol. The van der Waals surface area contributed by atoms with Crippen LogP contribution in [0.25, 0.3) is 0 Å². The molecule has 0 radical (unpaired) electrons. The van der Waals surface area contributed by atoms with Crippen molar-refractivity contribution in [1.82, 2.24) is 15.1 Å². The Balaban J connectivity index is 2.31. The van der Waals surface area contributed by atoms with Crippen molar-refractivity contribution in [3.63, 3.8) is 0 Å². The smallest absolute Gasteiger partial charge is 0.319 e. The predicted octanol–water partition coefficient (Wildman–Crippen LogP) is 0.499. The lowest BCUT2D eigenvalue weighted by atomic mass is 10.4. The van der Waals surface area contributed by atoms with Gasteiger partial charge in [-0.05, 0) is 6.92 Å². The Kier molecular flexibility index (Phi) is 4.31. The normalized spacial score (nSPS) is 9.81. The van der Waals surface area contributed by atoms with Gasteiger partial charge in [-0.25, -0.2) is 4.79 Å². The molecule has 0 atom stereocenters. The Labute approximate surface area is 92.4 Å². The number of carbonyl (C=O) groups is 2. The van der Waals surface area contributed by atoms with Gasteiger partial charge < -0.3 is 15.7 Å². The van der Waals surface area contributed by atoms with E-state index in [1.54, 1.807) is 10.9 Å². The number of carboxylic acids is 1. The summed E-state index contributed by atoms with van der Waals surface area (Å²) in [6, 6.07) is -0.433. The van der Waals surface area contributed by atoms with E-state index in [0.29, 0.717) is 5.69 Å². The Morgan fingerprint density at radius 1 is 1.56 bits per heavy atom. The average molecular weight is 226 g/mol. The maximum Gasteiger partial charge on any atom is 0.319 e. The third-order valence-corrected chi connectivity index (χ3v) is 1.84. The fourth-order valence-electron chi connectivity index (χ4n) is 1.06. The number of anilines is 1. The lowest BCUT2D eigenvalue weighted by Gasteiger charge is -2.03. The molecule has 2 amide bonds. The number of amides is 2. The summed E-state index contributed by atoms with van der Waals surface area (Å²) in [5, 5.41) is 17.3. The highest BCUT2D eigenvalue weighted by Gasteiger charge is 2.04. The maximum absolute atomic E-state index is 11.2. The van der Waals surface area contributed by atoms with Crippen molar-refractivity contribution in [3.05, 3.63) is 12.4 Å². The second kappa shape index (κ2) is 5.74. The summed E-state index contributed by atoms with van der Waals surface area (Å²) in [7, 11) is 0. The number of carboxylic acid groups (broad SMARTS) is 1. The summed E-state index contributed by atoms with van der Waals surface area (Å²) < 4.78 is 1.67. The SMILES string of the molecule is CCn1cc(NC(=O)NCCC(=O)O)cn1. The number of aliphatic carboxylic acids is 1. The van der Waals surface area contributed by atoms with E-state index in [0.717, 1.165) is 6.54 Å². The molecule has 0 spiro atoms. The second-order valence-corrected chi connectivity index (χ2v) is 3.11. The Bertz CT molecular complexity index is 375.